The molecule has 4 rings (SSSR count). The van der Waals surface area contributed by atoms with Crippen LogP contribution < -0.4 is 0 Å². The molecule has 0 bridgehead atoms. The number of likely N-dealkylation sites (tertiary alicyclic amines) is 2. The maximum absolute atomic E-state index is 13.4. The number of nitrogens with zero attached hydrogens (tertiary/aromatic N) is 3. The molecule has 3 heterocycles. The minimum Gasteiger partial charge on any atom is -0.342 e. The van der Waals surface area contributed by atoms with Crippen molar-refractivity contribution in [1.29, 1.82) is 0 Å². The Morgan fingerprint density at radius 1 is 0.969 bits per heavy atom. The van der Waals surface area contributed by atoms with E-state index in [9.17, 15) is 9.59 Å². The SMILES string of the molecule is CC1CCN(C(=O)CN2CCC([C@H]3CC=CCN(CCc4ccccc4)C3=O)CC2)CC1. The average Bonchev–Trinajstić information content (AvgIpc) is 3.00. The summed E-state index contributed by atoms with van der Waals surface area (Å²) in [5.41, 5.74) is 1.28. The molecular weight excluding hydrogens is 398 g/mol. The number of rotatable bonds is 6. The van der Waals surface area contributed by atoms with Gasteiger partial charge >= 0.3 is 0 Å². The highest BCUT2D eigenvalue weighted by Crippen LogP contribution is 2.31. The Hall–Kier alpha value is -2.14. The zero-order valence-corrected chi connectivity index (χ0v) is 19.6. The quantitative estimate of drug-likeness (QED) is 0.639. The predicted octanol–water partition coefficient (Wildman–Crippen LogP) is 3.60. The summed E-state index contributed by atoms with van der Waals surface area (Å²) in [6.45, 7) is 8.02. The number of amides is 2. The zero-order valence-electron chi connectivity index (χ0n) is 19.6. The Balaban J connectivity index is 1.26. The molecule has 3 aliphatic heterocycles. The third kappa shape index (κ3) is 6.00. The van der Waals surface area contributed by atoms with Gasteiger partial charge in [0, 0.05) is 32.1 Å². The van der Waals surface area contributed by atoms with E-state index in [1.165, 1.54) is 5.56 Å². The fraction of sp³-hybridized carbons (Fsp3) is 0.630. The lowest BCUT2D eigenvalue weighted by Crippen LogP contribution is -2.47. The molecule has 1 aromatic carbocycles. The summed E-state index contributed by atoms with van der Waals surface area (Å²) in [7, 11) is 0. The van der Waals surface area contributed by atoms with Crippen molar-refractivity contribution < 1.29 is 9.59 Å². The van der Waals surface area contributed by atoms with Crippen molar-refractivity contribution in [3.05, 3.63) is 48.0 Å². The molecule has 32 heavy (non-hydrogen) atoms. The number of carbonyl (C=O) groups is 2. The molecule has 3 aliphatic rings. The number of piperidine rings is 2. The van der Waals surface area contributed by atoms with E-state index in [2.05, 4.69) is 58.0 Å². The summed E-state index contributed by atoms with van der Waals surface area (Å²) in [6, 6.07) is 10.4. The van der Waals surface area contributed by atoms with Crippen molar-refractivity contribution in [2.45, 2.75) is 45.4 Å². The van der Waals surface area contributed by atoms with Gasteiger partial charge in [-0.15, -0.1) is 0 Å². The lowest BCUT2D eigenvalue weighted by molar-refractivity contribution is -0.138. The van der Waals surface area contributed by atoms with Crippen LogP contribution in [0, 0.1) is 17.8 Å². The highest BCUT2D eigenvalue weighted by molar-refractivity contribution is 5.80. The van der Waals surface area contributed by atoms with Gasteiger partial charge in [0.15, 0.2) is 0 Å². The molecule has 0 radical (unpaired) electrons. The van der Waals surface area contributed by atoms with Crippen molar-refractivity contribution in [3.63, 3.8) is 0 Å². The highest BCUT2D eigenvalue weighted by atomic mass is 16.2. The summed E-state index contributed by atoms with van der Waals surface area (Å²) < 4.78 is 0. The van der Waals surface area contributed by atoms with E-state index in [1.54, 1.807) is 0 Å². The van der Waals surface area contributed by atoms with Crippen LogP contribution in [0.2, 0.25) is 0 Å². The molecule has 0 aromatic heterocycles. The van der Waals surface area contributed by atoms with E-state index in [1.807, 2.05) is 6.07 Å². The summed E-state index contributed by atoms with van der Waals surface area (Å²) >= 11 is 0. The summed E-state index contributed by atoms with van der Waals surface area (Å²) in [5.74, 6) is 1.87. The van der Waals surface area contributed by atoms with Crippen molar-refractivity contribution in [2.75, 3.05) is 45.8 Å². The van der Waals surface area contributed by atoms with Gasteiger partial charge in [-0.1, -0.05) is 49.4 Å². The lowest BCUT2D eigenvalue weighted by atomic mass is 9.81. The number of carbonyl (C=O) groups excluding carboxylic acids is 2. The van der Waals surface area contributed by atoms with Gasteiger partial charge in [-0.05, 0) is 69.0 Å². The normalized spacial score (nSPS) is 24.0. The largest absolute Gasteiger partial charge is 0.342 e. The van der Waals surface area contributed by atoms with Gasteiger partial charge in [0.25, 0.3) is 0 Å². The van der Waals surface area contributed by atoms with E-state index in [0.717, 1.165) is 83.7 Å². The van der Waals surface area contributed by atoms with Crippen molar-refractivity contribution in [2.24, 2.45) is 17.8 Å². The van der Waals surface area contributed by atoms with E-state index in [-0.39, 0.29) is 11.8 Å². The first-order chi connectivity index (χ1) is 15.6. The van der Waals surface area contributed by atoms with Crippen LogP contribution in [0.1, 0.15) is 44.6 Å². The topological polar surface area (TPSA) is 43.9 Å². The number of hydrogen-bond acceptors (Lipinski definition) is 3. The Bertz CT molecular complexity index is 777. The van der Waals surface area contributed by atoms with Gasteiger partial charge in [0.1, 0.15) is 0 Å². The Morgan fingerprint density at radius 3 is 2.41 bits per heavy atom. The molecule has 0 saturated carbocycles. The van der Waals surface area contributed by atoms with Crippen LogP contribution in [-0.2, 0) is 16.0 Å². The van der Waals surface area contributed by atoms with Crippen molar-refractivity contribution in [1.82, 2.24) is 14.7 Å². The molecule has 0 unspecified atom stereocenters. The van der Waals surface area contributed by atoms with Crippen LogP contribution in [0.25, 0.3) is 0 Å². The van der Waals surface area contributed by atoms with Crippen molar-refractivity contribution >= 4 is 11.8 Å². The molecule has 2 amide bonds. The van der Waals surface area contributed by atoms with Crippen LogP contribution in [-0.4, -0.2) is 72.3 Å². The molecule has 0 aliphatic carbocycles. The minimum absolute atomic E-state index is 0.0888. The van der Waals surface area contributed by atoms with Gasteiger partial charge in [-0.3, -0.25) is 14.5 Å². The number of hydrogen-bond donors (Lipinski definition) is 0. The van der Waals surface area contributed by atoms with E-state index < -0.39 is 0 Å². The van der Waals surface area contributed by atoms with Crippen LogP contribution >= 0.6 is 0 Å². The van der Waals surface area contributed by atoms with Gasteiger partial charge in [-0.25, -0.2) is 0 Å². The zero-order chi connectivity index (χ0) is 22.3. The summed E-state index contributed by atoms with van der Waals surface area (Å²) in [4.78, 5) is 32.5. The first-order valence-electron chi connectivity index (χ1n) is 12.6. The molecule has 5 heteroatoms. The molecule has 5 nitrogen and oxygen atoms in total. The second-order valence-electron chi connectivity index (χ2n) is 10.0. The van der Waals surface area contributed by atoms with Crippen LogP contribution in [0.3, 0.4) is 0 Å². The highest BCUT2D eigenvalue weighted by Gasteiger charge is 2.34. The third-order valence-electron chi connectivity index (χ3n) is 7.72. The van der Waals surface area contributed by atoms with Crippen LogP contribution in [0.5, 0.6) is 0 Å². The maximum Gasteiger partial charge on any atom is 0.236 e. The summed E-state index contributed by atoms with van der Waals surface area (Å²) in [5, 5.41) is 0. The fourth-order valence-corrected chi connectivity index (χ4v) is 5.44. The first-order valence-corrected chi connectivity index (χ1v) is 12.6. The molecule has 174 valence electrons. The van der Waals surface area contributed by atoms with Gasteiger partial charge in [-0.2, -0.15) is 0 Å². The van der Waals surface area contributed by atoms with Crippen molar-refractivity contribution in [3.8, 4) is 0 Å². The number of allylic oxidation sites excluding steroid dienone is 1. The molecular formula is C27H39N3O2. The molecule has 1 atom stereocenters. The second kappa shape index (κ2) is 11.1. The molecule has 1 aromatic rings. The van der Waals surface area contributed by atoms with E-state index in [4.69, 9.17) is 0 Å². The second-order valence-corrected chi connectivity index (χ2v) is 10.0. The van der Waals surface area contributed by atoms with Crippen LogP contribution in [0.4, 0.5) is 0 Å². The Kier molecular flexibility index (Phi) is 8.01. The van der Waals surface area contributed by atoms with E-state index >= 15 is 0 Å². The standard InChI is InChI=1S/C27H39N3O2/c1-22-10-18-29(19-11-22)26(31)21-28-16-13-24(14-17-28)25-9-5-6-15-30(27(25)32)20-12-23-7-3-2-4-8-23/h2-8,22,24-25H,9-21H2,1H3/t25-/m1/s1. The monoisotopic (exact) mass is 437 g/mol. The van der Waals surface area contributed by atoms with Gasteiger partial charge in [0.2, 0.25) is 11.8 Å². The number of benzene rings is 1. The van der Waals surface area contributed by atoms with Gasteiger partial charge in [0.05, 0.1) is 6.54 Å². The van der Waals surface area contributed by atoms with Gasteiger partial charge < -0.3 is 9.80 Å². The Labute approximate surface area is 193 Å². The van der Waals surface area contributed by atoms with E-state index in [0.29, 0.717) is 18.4 Å². The van der Waals surface area contributed by atoms with Crippen LogP contribution in [0.15, 0.2) is 42.5 Å². The lowest BCUT2D eigenvalue weighted by Gasteiger charge is -2.37. The molecule has 0 spiro atoms. The average molecular weight is 438 g/mol. The molecule has 2 fully saturated rings. The minimum atomic E-state index is 0.0888. The smallest absolute Gasteiger partial charge is 0.236 e. The summed E-state index contributed by atoms with van der Waals surface area (Å²) in [6.07, 6.45) is 10.4. The molecule has 2 saturated heterocycles. The molecule has 0 N–H and O–H groups in total. The maximum atomic E-state index is 13.4. The predicted molar refractivity (Wildman–Crippen MR) is 128 cm³/mol. The fourth-order valence-electron chi connectivity index (χ4n) is 5.44. The first kappa shape index (κ1) is 23.0. The third-order valence-corrected chi connectivity index (χ3v) is 7.72. The Morgan fingerprint density at radius 2 is 1.69 bits per heavy atom.